The molecule has 0 N–H and O–H groups in total. The van der Waals surface area contributed by atoms with E-state index in [9.17, 15) is 4.79 Å². The Morgan fingerprint density at radius 3 is 2.75 bits per heavy atom. The van der Waals surface area contributed by atoms with E-state index in [1.807, 2.05) is 0 Å². The Morgan fingerprint density at radius 2 is 2.19 bits per heavy atom. The van der Waals surface area contributed by atoms with Gasteiger partial charge in [0.1, 0.15) is 0 Å². The van der Waals surface area contributed by atoms with Crippen LogP contribution in [0.5, 0.6) is 0 Å². The molecule has 0 aromatic rings. The first-order chi connectivity index (χ1) is 7.74. The summed E-state index contributed by atoms with van der Waals surface area (Å²) in [5.74, 6) is 1.10. The fourth-order valence-electron chi connectivity index (χ4n) is 1.39. The molecule has 1 unspecified atom stereocenters. The van der Waals surface area contributed by atoms with E-state index in [0.29, 0.717) is 18.3 Å². The van der Waals surface area contributed by atoms with Crippen LogP contribution in [-0.2, 0) is 9.53 Å². The zero-order valence-corrected chi connectivity index (χ0v) is 14.4. The normalized spacial score (nSPS) is 12.4. The summed E-state index contributed by atoms with van der Waals surface area (Å²) in [7, 11) is 0. The van der Waals surface area contributed by atoms with Crippen LogP contribution in [0.3, 0.4) is 0 Å². The second-order valence-corrected chi connectivity index (χ2v) is 9.42. The predicted octanol–water partition coefficient (Wildman–Crippen LogP) is 3.19. The van der Waals surface area contributed by atoms with E-state index in [4.69, 9.17) is 4.74 Å². The molecule has 4 heteroatoms. The summed E-state index contributed by atoms with van der Waals surface area (Å²) in [5, 5.41) is 0. The Labute approximate surface area is 114 Å². The van der Waals surface area contributed by atoms with Crippen molar-refractivity contribution in [2.45, 2.75) is 44.5 Å². The Bertz CT molecular complexity index is 176. The fourth-order valence-corrected chi connectivity index (χ4v) is 4.56. The molecule has 0 saturated carbocycles. The molecule has 0 aromatic carbocycles. The minimum absolute atomic E-state index is 0.0206. The molecule has 2 radical (unpaired) electrons. The summed E-state index contributed by atoms with van der Waals surface area (Å²) in [6, 6.07) is 0. The first-order valence-electron chi connectivity index (χ1n) is 6.12. The Balaban J connectivity index is 3.54. The van der Waals surface area contributed by atoms with Crippen LogP contribution in [-0.4, -0.2) is 43.2 Å². The van der Waals surface area contributed by atoms with Crippen molar-refractivity contribution in [3.05, 3.63) is 0 Å². The zero-order valence-electron chi connectivity index (χ0n) is 10.8. The van der Waals surface area contributed by atoms with Crippen LogP contribution >= 0.6 is 11.8 Å². The van der Waals surface area contributed by atoms with Gasteiger partial charge in [0.2, 0.25) is 0 Å². The van der Waals surface area contributed by atoms with Crippen molar-refractivity contribution in [1.82, 2.24) is 0 Å². The molecule has 0 heterocycles. The van der Waals surface area contributed by atoms with Gasteiger partial charge in [0.25, 0.3) is 0 Å². The minimum atomic E-state index is -0.151. The molecular weight excluding hydrogens is 327 g/mol. The predicted molar refractivity (Wildman–Crippen MR) is 73.2 cm³/mol. The van der Waals surface area contributed by atoms with Crippen LogP contribution in [0.25, 0.3) is 0 Å². The number of hydrogen-bond donors (Lipinski definition) is 0. The van der Waals surface area contributed by atoms with Gasteiger partial charge in [0.15, 0.2) is 0 Å². The summed E-state index contributed by atoms with van der Waals surface area (Å²) >= 11 is 1.59. The van der Waals surface area contributed by atoms with Gasteiger partial charge in [-0.05, 0) is 0 Å². The molecule has 0 aliphatic carbocycles. The van der Waals surface area contributed by atoms with Gasteiger partial charge in [-0.1, -0.05) is 0 Å². The topological polar surface area (TPSA) is 26.3 Å². The molecule has 0 bridgehead atoms. The van der Waals surface area contributed by atoms with Gasteiger partial charge in [-0.2, -0.15) is 0 Å². The maximum atomic E-state index is 11.4. The molecule has 0 aromatic heterocycles. The van der Waals surface area contributed by atoms with E-state index in [1.54, 1.807) is 11.8 Å². The molecule has 0 aliphatic heterocycles. The molecule has 2 nitrogen and oxygen atoms in total. The number of hydrogen-bond acceptors (Lipinski definition) is 3. The van der Waals surface area contributed by atoms with E-state index in [2.05, 4.69) is 18.8 Å². The second-order valence-electron chi connectivity index (χ2n) is 3.95. The molecule has 0 aliphatic rings. The van der Waals surface area contributed by atoms with E-state index in [1.165, 1.54) is 23.0 Å². The summed E-state index contributed by atoms with van der Waals surface area (Å²) in [5.41, 5.74) is 0. The van der Waals surface area contributed by atoms with E-state index < -0.39 is 0 Å². The number of ether oxygens (including phenoxy) is 1. The number of thioether (sulfide) groups is 1. The summed E-state index contributed by atoms with van der Waals surface area (Å²) < 4.78 is 6.51. The van der Waals surface area contributed by atoms with E-state index in [0.717, 1.165) is 6.42 Å². The maximum absolute atomic E-state index is 11.4. The molecule has 0 fully saturated rings. The van der Waals surface area contributed by atoms with Crippen LogP contribution in [0.15, 0.2) is 0 Å². The Kier molecular flexibility index (Phi) is 12.6. The number of carbonyl (C=O) groups is 1. The van der Waals surface area contributed by atoms with Gasteiger partial charge in [0, 0.05) is 0 Å². The monoisotopic (exact) mass is 352 g/mol. The van der Waals surface area contributed by atoms with Crippen molar-refractivity contribution in [2.24, 2.45) is 5.92 Å². The third-order valence-electron chi connectivity index (χ3n) is 2.49. The van der Waals surface area contributed by atoms with Gasteiger partial charge in [-0.15, -0.1) is 0 Å². The molecule has 0 saturated heterocycles. The summed E-state index contributed by atoms with van der Waals surface area (Å²) in [6.45, 7) is 5.00. The molecular formula is C12H24O2SSn. The van der Waals surface area contributed by atoms with Crippen molar-refractivity contribution in [3.63, 3.8) is 0 Å². The van der Waals surface area contributed by atoms with Crippen molar-refractivity contribution >= 4 is 38.9 Å². The van der Waals surface area contributed by atoms with E-state index >= 15 is 0 Å². The van der Waals surface area contributed by atoms with Crippen molar-refractivity contribution in [3.8, 4) is 0 Å². The van der Waals surface area contributed by atoms with Gasteiger partial charge in [0.05, 0.1) is 0 Å². The quantitative estimate of drug-likeness (QED) is 0.344. The average molecular weight is 351 g/mol. The number of unbranched alkanes of at least 4 members (excludes halogenated alkanes) is 1. The molecule has 0 rings (SSSR count). The standard InChI is InChI=1S/C11H21O2S.CH3.Sn/c1-4-6-7-10(5-2)8-13-11(12)9-14-3;;/h10H,3-9H2,1-2H3;1H3;. The van der Waals surface area contributed by atoms with Crippen LogP contribution in [0.4, 0.5) is 0 Å². The third kappa shape index (κ3) is 9.82. The van der Waals surface area contributed by atoms with Crippen LogP contribution in [0, 0.1) is 5.92 Å². The number of esters is 1. The van der Waals surface area contributed by atoms with Crippen LogP contribution < -0.4 is 0 Å². The van der Waals surface area contributed by atoms with Crippen LogP contribution in [0.2, 0.25) is 4.94 Å². The van der Waals surface area contributed by atoms with Crippen molar-refractivity contribution < 1.29 is 9.53 Å². The zero-order chi connectivity index (χ0) is 12.2. The summed E-state index contributed by atoms with van der Waals surface area (Å²) in [4.78, 5) is 13.7. The van der Waals surface area contributed by atoms with Crippen molar-refractivity contribution in [1.29, 1.82) is 0 Å². The SMILES string of the molecule is CCCCC(CC)COC(=O)CS[CH2][Sn][CH3]. The first kappa shape index (κ1) is 16.6. The first-order valence-corrected chi connectivity index (χ1v) is 12.1. The van der Waals surface area contributed by atoms with Gasteiger partial charge in [-0.3, -0.25) is 0 Å². The second kappa shape index (κ2) is 12.1. The summed E-state index contributed by atoms with van der Waals surface area (Å²) in [6.07, 6.45) is 4.77. The van der Waals surface area contributed by atoms with Gasteiger partial charge < -0.3 is 0 Å². The number of carbonyl (C=O) groups excluding carboxylic acids is 1. The Hall–Kier alpha value is 0.619. The molecule has 16 heavy (non-hydrogen) atoms. The third-order valence-corrected chi connectivity index (χ3v) is 7.64. The van der Waals surface area contributed by atoms with Gasteiger partial charge in [-0.25, -0.2) is 0 Å². The molecule has 0 amide bonds. The van der Waals surface area contributed by atoms with Crippen LogP contribution in [0.1, 0.15) is 39.5 Å². The average Bonchev–Trinajstić information content (AvgIpc) is 2.30. The molecule has 94 valence electrons. The fraction of sp³-hybridized carbons (Fsp3) is 0.917. The van der Waals surface area contributed by atoms with Crippen molar-refractivity contribution in [2.75, 3.05) is 16.1 Å². The van der Waals surface area contributed by atoms with E-state index in [-0.39, 0.29) is 27.1 Å². The molecule has 0 spiro atoms. The van der Waals surface area contributed by atoms with Gasteiger partial charge >= 0.3 is 115 Å². The Morgan fingerprint density at radius 1 is 1.44 bits per heavy atom. The number of rotatable bonds is 10. The molecule has 1 atom stereocenters.